The summed E-state index contributed by atoms with van der Waals surface area (Å²) in [6.07, 6.45) is 7.25. The number of thiocarbonyl (C=S) groups is 1. The van der Waals surface area contributed by atoms with Crippen molar-refractivity contribution < 1.29 is 9.59 Å². The van der Waals surface area contributed by atoms with Crippen LogP contribution in [0.3, 0.4) is 0 Å². The summed E-state index contributed by atoms with van der Waals surface area (Å²) in [6.45, 7) is 4.79. The highest BCUT2D eigenvalue weighted by Gasteiger charge is 2.02. The van der Waals surface area contributed by atoms with Crippen LogP contribution in [0, 0.1) is 0 Å². The monoisotopic (exact) mass is 330 g/mol. The van der Waals surface area contributed by atoms with E-state index in [1.165, 1.54) is 0 Å². The van der Waals surface area contributed by atoms with E-state index >= 15 is 0 Å². The first kappa shape index (κ1) is 20.6. The first-order valence-corrected chi connectivity index (χ1v) is 8.56. The van der Waals surface area contributed by atoms with Crippen LogP contribution in [-0.2, 0) is 9.59 Å². The lowest BCUT2D eigenvalue weighted by atomic mass is 10.2. The largest absolute Gasteiger partial charge is 0.345 e. The summed E-state index contributed by atoms with van der Waals surface area (Å²) in [5, 5.41) is 11.6. The van der Waals surface area contributed by atoms with Gasteiger partial charge in [-0.1, -0.05) is 39.5 Å². The molecule has 0 saturated heterocycles. The Kier molecular flexibility index (Phi) is 13.7. The average Bonchev–Trinajstić information content (AvgIpc) is 2.48. The van der Waals surface area contributed by atoms with Gasteiger partial charge in [-0.15, -0.1) is 0 Å². The number of unbranched alkanes of at least 4 members (excludes halogenated alkanes) is 4. The van der Waals surface area contributed by atoms with Crippen molar-refractivity contribution in [2.75, 3.05) is 13.3 Å². The molecule has 6 nitrogen and oxygen atoms in total. The van der Waals surface area contributed by atoms with Gasteiger partial charge in [-0.2, -0.15) is 0 Å². The molecule has 22 heavy (non-hydrogen) atoms. The molecule has 128 valence electrons. The van der Waals surface area contributed by atoms with Crippen LogP contribution in [0.2, 0.25) is 0 Å². The van der Waals surface area contributed by atoms with Crippen molar-refractivity contribution in [1.82, 2.24) is 21.3 Å². The van der Waals surface area contributed by atoms with Gasteiger partial charge in [0.2, 0.25) is 11.8 Å². The van der Waals surface area contributed by atoms with Gasteiger partial charge in [0.05, 0.1) is 13.3 Å². The number of carbonyl (C=O) groups excluding carboxylic acids is 2. The molecule has 0 aliphatic rings. The summed E-state index contributed by atoms with van der Waals surface area (Å²) in [7, 11) is 0. The minimum Gasteiger partial charge on any atom is -0.345 e. The maximum Gasteiger partial charge on any atom is 0.221 e. The minimum atomic E-state index is 0.0213. The fourth-order valence-electron chi connectivity index (χ4n) is 1.76. The van der Waals surface area contributed by atoms with E-state index in [4.69, 9.17) is 12.2 Å². The summed E-state index contributed by atoms with van der Waals surface area (Å²) in [6, 6.07) is 0. The van der Waals surface area contributed by atoms with E-state index in [-0.39, 0.29) is 11.8 Å². The number of hydrogen-bond donors (Lipinski definition) is 4. The quantitative estimate of drug-likeness (QED) is 0.249. The predicted molar refractivity (Wildman–Crippen MR) is 93.2 cm³/mol. The Labute approximate surface area is 139 Å². The lowest BCUT2D eigenvalue weighted by Crippen LogP contribution is -2.46. The van der Waals surface area contributed by atoms with E-state index in [0.717, 1.165) is 38.5 Å². The molecule has 0 unspecified atom stereocenters. The third-order valence-electron chi connectivity index (χ3n) is 3.08. The number of carbonyl (C=O) groups is 2. The maximum absolute atomic E-state index is 11.5. The third kappa shape index (κ3) is 13.6. The van der Waals surface area contributed by atoms with Crippen LogP contribution in [0.5, 0.6) is 0 Å². The van der Waals surface area contributed by atoms with Crippen LogP contribution in [0.4, 0.5) is 0 Å². The molecule has 0 aliphatic carbocycles. The van der Waals surface area contributed by atoms with Crippen LogP contribution in [0.25, 0.3) is 0 Å². The lowest BCUT2D eigenvalue weighted by Gasteiger charge is -2.12. The molecule has 0 aromatic carbocycles. The Morgan fingerprint density at radius 2 is 1.14 bits per heavy atom. The molecule has 0 aromatic heterocycles. The Morgan fingerprint density at radius 1 is 0.727 bits per heavy atom. The highest BCUT2D eigenvalue weighted by molar-refractivity contribution is 7.80. The van der Waals surface area contributed by atoms with Crippen LogP contribution in [0.1, 0.15) is 65.2 Å². The third-order valence-corrected chi connectivity index (χ3v) is 3.37. The molecule has 2 amide bonds. The molecule has 7 heteroatoms. The van der Waals surface area contributed by atoms with E-state index in [2.05, 4.69) is 35.1 Å². The van der Waals surface area contributed by atoms with Gasteiger partial charge in [0.25, 0.3) is 0 Å². The van der Waals surface area contributed by atoms with Gasteiger partial charge in [-0.05, 0) is 25.1 Å². The van der Waals surface area contributed by atoms with E-state index in [1.54, 1.807) is 0 Å². The van der Waals surface area contributed by atoms with E-state index in [1.807, 2.05) is 0 Å². The van der Waals surface area contributed by atoms with Crippen molar-refractivity contribution in [3.8, 4) is 0 Å². The van der Waals surface area contributed by atoms with Crippen LogP contribution in [-0.4, -0.2) is 30.3 Å². The second-order valence-corrected chi connectivity index (χ2v) is 5.56. The fourth-order valence-corrected chi connectivity index (χ4v) is 1.90. The zero-order valence-corrected chi connectivity index (χ0v) is 14.6. The first-order chi connectivity index (χ1) is 10.6. The van der Waals surface area contributed by atoms with Gasteiger partial charge in [-0.3, -0.25) is 9.59 Å². The number of hydrogen-bond acceptors (Lipinski definition) is 3. The molecule has 0 aliphatic heterocycles. The molecule has 0 heterocycles. The number of amides is 2. The zero-order valence-electron chi connectivity index (χ0n) is 13.8. The fraction of sp³-hybridized carbons (Fsp3) is 0.800. The van der Waals surface area contributed by atoms with Crippen molar-refractivity contribution in [2.45, 2.75) is 65.2 Å². The molecule has 4 N–H and O–H groups in total. The van der Waals surface area contributed by atoms with E-state index in [9.17, 15) is 9.59 Å². The molecule has 0 atom stereocenters. The average molecular weight is 330 g/mol. The van der Waals surface area contributed by atoms with E-state index < -0.39 is 0 Å². The van der Waals surface area contributed by atoms with Crippen LogP contribution < -0.4 is 21.3 Å². The standard InChI is InChI=1S/C15H30N4O2S/c1-3-5-7-9-13(20)16-11-18-15(22)19-12-17-14(21)10-8-6-4-2/h3-12H2,1-2H3,(H,16,20)(H,17,21)(H2,18,19,22). The van der Waals surface area contributed by atoms with Gasteiger partial charge >= 0.3 is 0 Å². The highest BCUT2D eigenvalue weighted by Crippen LogP contribution is 1.98. The van der Waals surface area contributed by atoms with Crippen molar-refractivity contribution in [3.63, 3.8) is 0 Å². The van der Waals surface area contributed by atoms with Gasteiger partial charge in [0, 0.05) is 12.8 Å². The van der Waals surface area contributed by atoms with Crippen molar-refractivity contribution in [3.05, 3.63) is 0 Å². The molecule has 0 aromatic rings. The zero-order chi connectivity index (χ0) is 16.6. The summed E-state index contributed by atoms with van der Waals surface area (Å²) < 4.78 is 0. The summed E-state index contributed by atoms with van der Waals surface area (Å²) in [5.74, 6) is 0.0425. The van der Waals surface area contributed by atoms with Crippen molar-refractivity contribution in [2.24, 2.45) is 0 Å². The highest BCUT2D eigenvalue weighted by atomic mass is 32.1. The minimum absolute atomic E-state index is 0.0213. The summed E-state index contributed by atoms with van der Waals surface area (Å²) >= 11 is 5.05. The first-order valence-electron chi connectivity index (χ1n) is 8.15. The lowest BCUT2D eigenvalue weighted by molar-refractivity contribution is -0.122. The van der Waals surface area contributed by atoms with Crippen LogP contribution in [0.15, 0.2) is 0 Å². The van der Waals surface area contributed by atoms with Gasteiger partial charge in [0.15, 0.2) is 5.11 Å². The molecule has 0 saturated carbocycles. The summed E-state index contributed by atoms with van der Waals surface area (Å²) in [4.78, 5) is 22.9. The molecule has 0 spiro atoms. The number of rotatable bonds is 12. The molecule has 0 rings (SSSR count). The smallest absolute Gasteiger partial charge is 0.221 e. The Bertz CT molecular complexity index is 308. The van der Waals surface area contributed by atoms with Gasteiger partial charge in [-0.25, -0.2) is 0 Å². The maximum atomic E-state index is 11.5. The molecule has 0 bridgehead atoms. The molecular formula is C15H30N4O2S. The number of nitrogens with one attached hydrogen (secondary N) is 4. The Balaban J connectivity index is 3.50. The van der Waals surface area contributed by atoms with Gasteiger partial charge < -0.3 is 21.3 Å². The van der Waals surface area contributed by atoms with Gasteiger partial charge in [0.1, 0.15) is 0 Å². The predicted octanol–water partition coefficient (Wildman–Crippen LogP) is 1.76. The molecular weight excluding hydrogens is 300 g/mol. The van der Waals surface area contributed by atoms with Crippen molar-refractivity contribution >= 4 is 29.1 Å². The topological polar surface area (TPSA) is 82.3 Å². The van der Waals surface area contributed by atoms with E-state index in [0.29, 0.717) is 31.3 Å². The second kappa shape index (κ2) is 14.6. The Morgan fingerprint density at radius 3 is 1.50 bits per heavy atom. The SMILES string of the molecule is CCCCCC(=O)NCNC(=S)NCNC(=O)CCCCC. The Hall–Kier alpha value is -1.37. The van der Waals surface area contributed by atoms with Crippen LogP contribution >= 0.6 is 12.2 Å². The molecule has 0 fully saturated rings. The second-order valence-electron chi connectivity index (χ2n) is 5.15. The normalized spacial score (nSPS) is 9.91. The molecule has 0 radical (unpaired) electrons. The van der Waals surface area contributed by atoms with Crippen molar-refractivity contribution in [1.29, 1.82) is 0 Å². The summed E-state index contributed by atoms with van der Waals surface area (Å²) in [5.41, 5.74) is 0.